The van der Waals surface area contributed by atoms with E-state index in [0.29, 0.717) is 28.3 Å². The summed E-state index contributed by atoms with van der Waals surface area (Å²) < 4.78 is 51.9. The molecule has 6 heterocycles. The normalized spacial score (nSPS) is 10.2. The van der Waals surface area contributed by atoms with E-state index < -0.39 is 36.5 Å². The zero-order valence-electron chi connectivity index (χ0n) is 49.3. The van der Waals surface area contributed by atoms with Crippen molar-refractivity contribution >= 4 is 190 Å². The fourth-order valence-corrected chi connectivity index (χ4v) is 11.2. The minimum atomic E-state index is -0.540. The Balaban J connectivity index is 0.000000194. The van der Waals surface area contributed by atoms with Gasteiger partial charge in [-0.2, -0.15) is 0 Å². The number of carbonyl (C=O) groups is 5. The van der Waals surface area contributed by atoms with E-state index >= 15 is 0 Å². The summed E-state index contributed by atoms with van der Waals surface area (Å²) in [5.41, 5.74) is 9.86. The Morgan fingerprint density at radius 1 is 0.614 bits per heavy atom. The third kappa shape index (κ3) is 20.6. The molecule has 0 N–H and O–H groups in total. The van der Waals surface area contributed by atoms with Crippen LogP contribution in [0.5, 0.6) is 0 Å². The Morgan fingerprint density at radius 2 is 1.16 bits per heavy atom. The minimum Gasteiger partial charge on any atom is -0.619 e. The van der Waals surface area contributed by atoms with E-state index in [0.717, 1.165) is 182 Å². The van der Waals surface area contributed by atoms with Gasteiger partial charge in [0.25, 0.3) is 0 Å². The third-order valence-electron chi connectivity index (χ3n) is 12.1. The molecule has 0 saturated carbocycles. The number of carbonyl (C=O) groups excluding carboxylic acids is 5. The first-order valence-corrected chi connectivity index (χ1v) is 35.6. The van der Waals surface area contributed by atoms with Crippen molar-refractivity contribution in [3.05, 3.63) is 189 Å². The molecule has 0 amide bonds. The maximum atomic E-state index is 12.5. The Bertz CT molecular complexity index is 3870. The maximum absolute atomic E-state index is 12.5. The molecule has 4 aromatic carbocycles. The first-order chi connectivity index (χ1) is 42.5. The molecule has 6 aromatic heterocycles. The van der Waals surface area contributed by atoms with Crippen LogP contribution in [-0.2, 0) is 64.8 Å². The van der Waals surface area contributed by atoms with Crippen molar-refractivity contribution < 1.29 is 56.1 Å². The topological polar surface area (TPSA) is 250 Å². The van der Waals surface area contributed by atoms with Crippen LogP contribution in [-0.4, -0.2) is 178 Å². The summed E-state index contributed by atoms with van der Waals surface area (Å²) in [6, 6.07) is 30.0. The molecule has 0 saturated heterocycles. The van der Waals surface area contributed by atoms with Gasteiger partial charge in [-0.3, -0.25) is 9.13 Å². The van der Waals surface area contributed by atoms with Crippen LogP contribution in [0.4, 0.5) is 4.39 Å². The number of imidazole rings is 3. The molecular weight excluding hydrogens is 1320 g/mol. The molecule has 0 spiro atoms. The van der Waals surface area contributed by atoms with Crippen LogP contribution >= 0.6 is 33.3 Å². The average molecular weight is 1380 g/mol. The van der Waals surface area contributed by atoms with E-state index in [4.69, 9.17) is 28.6 Å². The fraction of sp³-hybridized carbons (Fsp3) is 0.228. The van der Waals surface area contributed by atoms with E-state index in [1.807, 2.05) is 106 Å². The summed E-state index contributed by atoms with van der Waals surface area (Å²) in [5, 5.41) is 3.10. The fourth-order valence-electron chi connectivity index (χ4n) is 7.66. The molecule has 0 aliphatic heterocycles. The molecule has 88 heavy (non-hydrogen) atoms. The zero-order valence-corrected chi connectivity index (χ0v) is 61.8. The van der Waals surface area contributed by atoms with Crippen molar-refractivity contribution in [1.29, 1.82) is 0 Å². The van der Waals surface area contributed by atoms with Gasteiger partial charge >= 0.3 is 214 Å². The Morgan fingerprint density at radius 3 is 1.66 bits per heavy atom. The van der Waals surface area contributed by atoms with Crippen molar-refractivity contribution in [1.82, 2.24) is 43.6 Å². The van der Waals surface area contributed by atoms with Crippen LogP contribution < -0.4 is 0 Å². The molecule has 0 unspecified atom stereocenters. The third-order valence-corrected chi connectivity index (χ3v) is 18.7. The van der Waals surface area contributed by atoms with E-state index in [-0.39, 0.29) is 17.6 Å². The van der Waals surface area contributed by atoms with Crippen molar-refractivity contribution in [3.8, 4) is 11.4 Å². The van der Waals surface area contributed by atoms with Gasteiger partial charge in [0, 0.05) is 30.8 Å². The smallest absolute Gasteiger partial charge is 0.497 e. The Kier molecular flexibility index (Phi) is 31.4. The number of halogens is 1. The number of oxazole rings is 2. The number of aromatic nitrogens is 9. The molecule has 6 radical (unpaired) electrons. The molecule has 0 aliphatic carbocycles. The number of alkyl halides is 1. The molecule has 21 nitrogen and oxygen atoms in total. The average Bonchev–Trinajstić information content (AvgIpc) is 4.62. The van der Waals surface area contributed by atoms with E-state index in [1.165, 1.54) is 22.9 Å². The van der Waals surface area contributed by atoms with Crippen molar-refractivity contribution in [2.75, 3.05) is 0 Å². The predicted octanol–water partition coefficient (Wildman–Crippen LogP) is 7.72. The number of nitrogens with zero attached hydrogens (tertiary/aromatic N) is 9. The number of thiazole rings is 1. The van der Waals surface area contributed by atoms with E-state index in [9.17, 15) is 28.4 Å². The monoisotopic (exact) mass is 1380 g/mol. The molecule has 0 bridgehead atoms. The number of para-hydroxylation sites is 3. The second kappa shape index (κ2) is 37.9. The molecule has 0 fully saturated rings. The molecule has 10 rings (SSSR count). The van der Waals surface area contributed by atoms with Crippen LogP contribution in [0.3, 0.4) is 0 Å². The maximum Gasteiger partial charge on any atom is 0.497 e. The molecule has 0 aliphatic rings. The van der Waals surface area contributed by atoms with Crippen LogP contribution in [0.2, 0.25) is 0 Å². The molecule has 446 valence electrons. The van der Waals surface area contributed by atoms with E-state index in [1.54, 1.807) is 66.0 Å². The number of benzene rings is 4. The van der Waals surface area contributed by atoms with Gasteiger partial charge < -0.3 is 32.3 Å². The van der Waals surface area contributed by atoms with Crippen LogP contribution in [0.1, 0.15) is 133 Å². The number of hydrogen-bond donors (Lipinski definition) is 0. The SMILES string of the molecule is CCCc1cn(-c2ccccc2)c(C(=O)[O][AlH])n1.CCc1cccc2oc(C(=O)[O][AlH])nc12.CCc1cn(-c2ccccc2)c(C(=O)[O][AlH])n1.CCc1coc(C(=O)[O][AlH])n1.CCc1csc(C(=S)[S][GaH])n1.Cn1c(C(=O)[O][AlH])nc2cc(CF)ccc21. The van der Waals surface area contributed by atoms with Gasteiger partial charge in [0.05, 0.1) is 28.1 Å². The largest absolute Gasteiger partial charge is 0.619 e. The number of aryl methyl sites for hydroxylation is 6. The molecule has 10 aromatic rings. The number of thiocarbonyl (C=S) groups is 1. The molecular formula is C57H58Al5FGaN9O12S3. The quantitative estimate of drug-likeness (QED) is 0.0541. The van der Waals surface area contributed by atoms with Gasteiger partial charge in [-0.25, -0.2) is 53.3 Å². The first-order valence-electron chi connectivity index (χ1n) is 26.8. The summed E-state index contributed by atoms with van der Waals surface area (Å²) in [7, 11) is 3.43. The minimum absolute atomic E-state index is 0.0147. The van der Waals surface area contributed by atoms with Crippen molar-refractivity contribution in [2.45, 2.75) is 79.8 Å². The first kappa shape index (κ1) is 72.8. The van der Waals surface area contributed by atoms with Crippen molar-refractivity contribution in [2.24, 2.45) is 7.05 Å². The van der Waals surface area contributed by atoms with Gasteiger partial charge in [0.15, 0.2) is 5.58 Å². The van der Waals surface area contributed by atoms with Gasteiger partial charge in [0.2, 0.25) is 17.5 Å². The van der Waals surface area contributed by atoms with E-state index in [2.05, 4.69) is 60.5 Å². The van der Waals surface area contributed by atoms with Gasteiger partial charge in [-0.05, 0) is 79.3 Å². The predicted molar refractivity (Wildman–Crippen MR) is 346 cm³/mol. The van der Waals surface area contributed by atoms with Crippen molar-refractivity contribution in [3.63, 3.8) is 0 Å². The van der Waals surface area contributed by atoms with Gasteiger partial charge in [-0.15, -0.1) is 0 Å². The molecule has 31 heteroatoms. The summed E-state index contributed by atoms with van der Waals surface area (Å²) in [4.78, 5) is 81.8. The number of hydrogen-bond acceptors (Lipinski definition) is 21. The summed E-state index contributed by atoms with van der Waals surface area (Å²) in [5.74, 6) is -1.44. The Labute approximate surface area is 571 Å². The number of rotatable bonds is 15. The van der Waals surface area contributed by atoms with Crippen LogP contribution in [0.25, 0.3) is 33.5 Å². The summed E-state index contributed by atoms with van der Waals surface area (Å²) >= 11 is 13.6. The molecule has 0 atom stereocenters. The van der Waals surface area contributed by atoms with Gasteiger partial charge in [0.1, 0.15) is 18.5 Å². The van der Waals surface area contributed by atoms with Crippen LogP contribution in [0.15, 0.2) is 130 Å². The summed E-state index contributed by atoms with van der Waals surface area (Å²) in [6.07, 6.45) is 10.5. The Hall–Kier alpha value is -5.90. The zero-order chi connectivity index (χ0) is 64.3. The second-order valence-electron chi connectivity index (χ2n) is 17.8. The van der Waals surface area contributed by atoms with Gasteiger partial charge in [-0.1, -0.05) is 88.7 Å². The summed E-state index contributed by atoms with van der Waals surface area (Å²) in [6.45, 7) is 9.61. The number of fused-ring (bicyclic) bond motifs is 2. The standard InChI is InChI=1S/C13H14N2O2.C12H12N2O2.C10H9FN2O2.C10H9NO3.C6H7NO3.C6H7NS3.5Al.Ga.6H/c1-2-6-10-9-15(12(14-10)13(16)17)11-7-4-3-5-8-11;1-2-9-8-14(11(13-9)12(15)16)10-6-4-3-5-7-10;1-13-8-3-2-6(5-11)4-7(8)12-9(13)10(14)15;1-2-6-4-3-5-7-8(6)11-9(14-7)10(12)13;2*1-2-4-3-10-5(7-4)6(8)9;;;;;;;;;;;;/h3-5,7-9H,2,6H2,1H3,(H,16,17);3-8H,2H2,1H3,(H,15,16);2-4H,5H2,1H3,(H,14,15);3-5H,2H2,1H3,(H,12,13);2*3H,2H2,1H3,(H,8,9);;;;;;;;;;;;/q;;;;;;6*+1;;;;;;/p-6. The van der Waals surface area contributed by atoms with Crippen LogP contribution in [0, 0.1) is 0 Å². The second-order valence-corrected chi connectivity index (χ2v) is 23.3.